The van der Waals surface area contributed by atoms with Crippen molar-refractivity contribution in [3.05, 3.63) is 53.9 Å². The molecule has 1 aromatic carbocycles. The Hall–Kier alpha value is -2.17. The molecule has 1 saturated carbocycles. The first-order valence-corrected chi connectivity index (χ1v) is 9.04. The fraction of sp³-hybridized carbons (Fsp3) is 0.300. The van der Waals surface area contributed by atoms with Crippen molar-refractivity contribution in [1.29, 1.82) is 0 Å². The summed E-state index contributed by atoms with van der Waals surface area (Å²) in [7, 11) is 0. The molecule has 1 aliphatic carbocycles. The molecule has 2 N–H and O–H groups in total. The highest BCUT2D eigenvalue weighted by Crippen LogP contribution is 2.53. The molecule has 1 unspecified atom stereocenters. The summed E-state index contributed by atoms with van der Waals surface area (Å²) in [5.41, 5.74) is 11.2. The number of fused-ring (bicyclic) bond motifs is 1. The van der Waals surface area contributed by atoms with Crippen LogP contribution in [0.5, 0.6) is 0 Å². The molecule has 1 saturated heterocycles. The van der Waals surface area contributed by atoms with Gasteiger partial charge in [0.05, 0.1) is 5.52 Å². The summed E-state index contributed by atoms with van der Waals surface area (Å²) in [6.45, 7) is 1.98. The van der Waals surface area contributed by atoms with E-state index in [1.54, 1.807) is 0 Å². The van der Waals surface area contributed by atoms with Gasteiger partial charge in [-0.25, -0.2) is 4.98 Å². The number of anilines is 1. The number of nitrogens with two attached hydrogens (primary N) is 1. The smallest absolute Gasteiger partial charge is 0.129 e. The van der Waals surface area contributed by atoms with Crippen molar-refractivity contribution in [1.82, 2.24) is 9.97 Å². The lowest BCUT2D eigenvalue weighted by atomic mass is 10.0. The van der Waals surface area contributed by atoms with Crippen LogP contribution in [0.1, 0.15) is 12.8 Å². The topological polar surface area (TPSA) is 55.0 Å². The standard InChI is InChI=1S/C20H19ClN4/c21-19-4-2-14(10-24-19)13-1-3-16-15(9-13)17(5-8-23-16)25-11-18(22)20(12-25)6-7-20/h1-5,8-10,18H,6-7,11-12,22H2. The Morgan fingerprint density at radius 2 is 1.92 bits per heavy atom. The zero-order valence-electron chi connectivity index (χ0n) is 13.8. The molecule has 0 amide bonds. The van der Waals surface area contributed by atoms with Crippen molar-refractivity contribution < 1.29 is 0 Å². The Balaban J connectivity index is 1.59. The lowest BCUT2D eigenvalue weighted by Gasteiger charge is -2.20. The van der Waals surface area contributed by atoms with Crippen molar-refractivity contribution in [3.63, 3.8) is 0 Å². The number of benzene rings is 1. The molecule has 2 aliphatic rings. The molecule has 0 bridgehead atoms. The Bertz CT molecular complexity index is 950. The lowest BCUT2D eigenvalue weighted by molar-refractivity contribution is 0.500. The molecule has 5 heteroatoms. The maximum absolute atomic E-state index is 6.40. The average Bonchev–Trinajstić information content (AvgIpc) is 3.34. The fourth-order valence-corrected chi connectivity index (χ4v) is 4.11. The van der Waals surface area contributed by atoms with E-state index in [9.17, 15) is 0 Å². The third-order valence-corrected chi connectivity index (χ3v) is 5.95. The van der Waals surface area contributed by atoms with E-state index < -0.39 is 0 Å². The normalized spacial score (nSPS) is 21.2. The molecule has 2 aromatic heterocycles. The summed E-state index contributed by atoms with van der Waals surface area (Å²) >= 11 is 5.91. The molecular weight excluding hydrogens is 332 g/mol. The van der Waals surface area contributed by atoms with E-state index in [2.05, 4.69) is 39.1 Å². The van der Waals surface area contributed by atoms with Crippen LogP contribution in [0.25, 0.3) is 22.0 Å². The quantitative estimate of drug-likeness (QED) is 0.713. The largest absolute Gasteiger partial charge is 0.369 e. The third kappa shape index (κ3) is 2.48. The molecule has 3 heterocycles. The number of rotatable bonds is 2. The van der Waals surface area contributed by atoms with Gasteiger partial charge in [0.15, 0.2) is 0 Å². The van der Waals surface area contributed by atoms with Gasteiger partial charge in [0.2, 0.25) is 0 Å². The highest BCUT2D eigenvalue weighted by Gasteiger charge is 2.53. The zero-order chi connectivity index (χ0) is 17.0. The van der Waals surface area contributed by atoms with Crippen LogP contribution in [0.3, 0.4) is 0 Å². The van der Waals surface area contributed by atoms with Crippen LogP contribution in [0.2, 0.25) is 5.15 Å². The van der Waals surface area contributed by atoms with E-state index >= 15 is 0 Å². The van der Waals surface area contributed by atoms with Gasteiger partial charge >= 0.3 is 0 Å². The van der Waals surface area contributed by atoms with Crippen molar-refractivity contribution in [2.45, 2.75) is 18.9 Å². The molecule has 2 fully saturated rings. The first kappa shape index (κ1) is 15.1. The summed E-state index contributed by atoms with van der Waals surface area (Å²) in [4.78, 5) is 11.2. The monoisotopic (exact) mass is 350 g/mol. The Kier molecular flexibility index (Phi) is 3.27. The summed E-state index contributed by atoms with van der Waals surface area (Å²) < 4.78 is 0. The summed E-state index contributed by atoms with van der Waals surface area (Å²) in [5, 5.41) is 1.67. The van der Waals surface area contributed by atoms with Crippen LogP contribution >= 0.6 is 11.6 Å². The van der Waals surface area contributed by atoms with Gasteiger partial charge in [0.1, 0.15) is 5.15 Å². The Morgan fingerprint density at radius 1 is 1.08 bits per heavy atom. The van der Waals surface area contributed by atoms with E-state index in [1.165, 1.54) is 23.9 Å². The fourth-order valence-electron chi connectivity index (χ4n) is 4.00. The number of pyridine rings is 2. The molecule has 1 spiro atoms. The highest BCUT2D eigenvalue weighted by atomic mass is 35.5. The van der Waals surface area contributed by atoms with Crippen molar-refractivity contribution in [2.24, 2.45) is 11.1 Å². The Labute approximate surface area is 151 Å². The first-order chi connectivity index (χ1) is 12.1. The third-order valence-electron chi connectivity index (χ3n) is 5.72. The van der Waals surface area contributed by atoms with Crippen LogP contribution in [-0.4, -0.2) is 29.1 Å². The maximum atomic E-state index is 6.40. The first-order valence-electron chi connectivity index (χ1n) is 8.66. The summed E-state index contributed by atoms with van der Waals surface area (Å²) in [5.74, 6) is 0. The zero-order valence-corrected chi connectivity index (χ0v) is 14.6. The molecule has 126 valence electrons. The second kappa shape index (κ2) is 5.41. The molecule has 1 atom stereocenters. The van der Waals surface area contributed by atoms with Gasteiger partial charge < -0.3 is 10.6 Å². The molecular formula is C20H19ClN4. The molecule has 4 nitrogen and oxygen atoms in total. The van der Waals surface area contributed by atoms with Crippen LogP contribution in [0, 0.1) is 5.41 Å². The van der Waals surface area contributed by atoms with Crippen LogP contribution in [0.4, 0.5) is 5.69 Å². The maximum Gasteiger partial charge on any atom is 0.129 e. The predicted octanol–water partition coefficient (Wildman–Crippen LogP) is 3.88. The predicted molar refractivity (Wildman–Crippen MR) is 102 cm³/mol. The molecule has 0 radical (unpaired) electrons. The molecule has 5 rings (SSSR count). The lowest BCUT2D eigenvalue weighted by Crippen LogP contribution is -2.30. The second-order valence-corrected chi connectivity index (χ2v) is 7.67. The number of hydrogen-bond donors (Lipinski definition) is 1. The van der Waals surface area contributed by atoms with E-state index in [4.69, 9.17) is 17.3 Å². The molecule has 1 aliphatic heterocycles. The number of halogens is 1. The van der Waals surface area contributed by atoms with Crippen molar-refractivity contribution in [3.8, 4) is 11.1 Å². The summed E-state index contributed by atoms with van der Waals surface area (Å²) in [6, 6.07) is 12.6. The van der Waals surface area contributed by atoms with Crippen LogP contribution in [0.15, 0.2) is 48.8 Å². The number of nitrogens with zero attached hydrogens (tertiary/aromatic N) is 3. The van der Waals surface area contributed by atoms with Gasteiger partial charge in [0.25, 0.3) is 0 Å². The minimum absolute atomic E-state index is 0.277. The highest BCUT2D eigenvalue weighted by molar-refractivity contribution is 6.29. The minimum atomic E-state index is 0.277. The number of aromatic nitrogens is 2. The SMILES string of the molecule is NC1CN(c2ccnc3ccc(-c4ccc(Cl)nc4)cc23)CC12CC2. The summed E-state index contributed by atoms with van der Waals surface area (Å²) in [6.07, 6.45) is 6.22. The minimum Gasteiger partial charge on any atom is -0.369 e. The molecule has 3 aromatic rings. The molecule has 25 heavy (non-hydrogen) atoms. The second-order valence-electron chi connectivity index (χ2n) is 7.28. The van der Waals surface area contributed by atoms with E-state index in [1.807, 2.05) is 24.5 Å². The van der Waals surface area contributed by atoms with Gasteiger partial charge in [-0.2, -0.15) is 0 Å². The van der Waals surface area contributed by atoms with E-state index in [0.29, 0.717) is 10.6 Å². The van der Waals surface area contributed by atoms with Crippen LogP contribution in [-0.2, 0) is 0 Å². The number of hydrogen-bond acceptors (Lipinski definition) is 4. The van der Waals surface area contributed by atoms with Gasteiger partial charge in [0, 0.05) is 53.6 Å². The van der Waals surface area contributed by atoms with Gasteiger partial charge in [-0.05, 0) is 48.7 Å². The van der Waals surface area contributed by atoms with Crippen LogP contribution < -0.4 is 10.6 Å². The average molecular weight is 351 g/mol. The van der Waals surface area contributed by atoms with Gasteiger partial charge in [-0.3, -0.25) is 4.98 Å². The van der Waals surface area contributed by atoms with Crippen molar-refractivity contribution in [2.75, 3.05) is 18.0 Å². The van der Waals surface area contributed by atoms with E-state index in [0.717, 1.165) is 29.7 Å². The van der Waals surface area contributed by atoms with Gasteiger partial charge in [-0.1, -0.05) is 17.7 Å². The Morgan fingerprint density at radius 3 is 2.64 bits per heavy atom. The van der Waals surface area contributed by atoms with Crippen molar-refractivity contribution >= 4 is 28.2 Å². The van der Waals surface area contributed by atoms with E-state index in [-0.39, 0.29) is 6.04 Å². The van der Waals surface area contributed by atoms with Gasteiger partial charge in [-0.15, -0.1) is 0 Å².